The van der Waals surface area contributed by atoms with Crippen LogP contribution in [0.4, 0.5) is 5.95 Å². The number of hydrogen-bond donors (Lipinski definition) is 1. The van der Waals surface area contributed by atoms with Gasteiger partial charge in [0.05, 0.1) is 6.61 Å². The van der Waals surface area contributed by atoms with Gasteiger partial charge in [-0.15, -0.1) is 4.98 Å². The Labute approximate surface area is 105 Å². The highest BCUT2D eigenvalue weighted by Crippen LogP contribution is 2.20. The van der Waals surface area contributed by atoms with Crippen molar-refractivity contribution in [3.8, 4) is 17.8 Å². The van der Waals surface area contributed by atoms with E-state index in [0.717, 1.165) is 5.56 Å². The number of nitrogens with two attached hydrogens (primary N) is 1. The van der Waals surface area contributed by atoms with E-state index in [1.165, 1.54) is 0 Å². The van der Waals surface area contributed by atoms with Crippen LogP contribution in [0.15, 0.2) is 24.3 Å². The van der Waals surface area contributed by atoms with Gasteiger partial charge in [0, 0.05) is 0 Å². The number of rotatable bonds is 4. The first-order valence-electron chi connectivity index (χ1n) is 5.56. The maximum Gasteiger partial charge on any atom is 0.330 e. The molecule has 0 saturated heterocycles. The van der Waals surface area contributed by atoms with Gasteiger partial charge in [0.25, 0.3) is 0 Å². The number of nitrogen functional groups attached to an aromatic ring is 1. The minimum atomic E-state index is 0.0653. The summed E-state index contributed by atoms with van der Waals surface area (Å²) in [5.74, 6) is 0.698. The lowest BCUT2D eigenvalue weighted by Crippen LogP contribution is -2.04. The quantitative estimate of drug-likeness (QED) is 0.887. The van der Waals surface area contributed by atoms with Gasteiger partial charge >= 0.3 is 12.0 Å². The van der Waals surface area contributed by atoms with E-state index in [0.29, 0.717) is 12.4 Å². The zero-order chi connectivity index (χ0) is 13.0. The van der Waals surface area contributed by atoms with Gasteiger partial charge in [-0.25, -0.2) is 0 Å². The van der Waals surface area contributed by atoms with Crippen LogP contribution in [0.1, 0.15) is 12.5 Å². The highest BCUT2D eigenvalue weighted by molar-refractivity contribution is 5.29. The fourth-order valence-electron chi connectivity index (χ4n) is 1.30. The normalized spacial score (nSPS) is 10.1. The number of nitrogens with zero attached hydrogens (tertiary/aromatic N) is 3. The van der Waals surface area contributed by atoms with Crippen LogP contribution >= 0.6 is 0 Å². The second kappa shape index (κ2) is 5.31. The van der Waals surface area contributed by atoms with Gasteiger partial charge < -0.3 is 15.2 Å². The van der Waals surface area contributed by atoms with Gasteiger partial charge in [-0.3, -0.25) is 0 Å². The molecule has 0 aliphatic carbocycles. The molecule has 18 heavy (non-hydrogen) atoms. The Kier molecular flexibility index (Phi) is 3.57. The highest BCUT2D eigenvalue weighted by Gasteiger charge is 2.07. The highest BCUT2D eigenvalue weighted by atomic mass is 16.5. The Balaban J connectivity index is 2.20. The molecule has 0 atom stereocenters. The summed E-state index contributed by atoms with van der Waals surface area (Å²) in [6, 6.07) is 7.81. The second-order valence-corrected chi connectivity index (χ2v) is 3.61. The number of benzene rings is 1. The number of aromatic nitrogens is 3. The first-order valence-corrected chi connectivity index (χ1v) is 5.56. The predicted octanol–water partition coefficient (Wildman–Crippen LogP) is 1.95. The van der Waals surface area contributed by atoms with E-state index in [4.69, 9.17) is 15.2 Å². The van der Waals surface area contributed by atoms with Crippen LogP contribution in [0.3, 0.4) is 0 Å². The molecule has 0 spiro atoms. The Morgan fingerprint density at radius 1 is 1.06 bits per heavy atom. The molecule has 6 nitrogen and oxygen atoms in total. The summed E-state index contributed by atoms with van der Waals surface area (Å²) in [6.07, 6.45) is 0. The molecule has 0 fully saturated rings. The summed E-state index contributed by atoms with van der Waals surface area (Å²) in [6.45, 7) is 4.28. The molecule has 0 bridgehead atoms. The largest absolute Gasteiger partial charge is 0.464 e. The molecule has 2 aromatic rings. The number of ether oxygens (including phenoxy) is 2. The standard InChI is InChI=1S/C12H14N4O2/c1-3-17-11-14-10(13)15-12(16-11)18-9-6-4-8(2)5-7-9/h4-7H,3H2,1-2H3,(H2,13,14,15,16). The van der Waals surface area contributed by atoms with Crippen molar-refractivity contribution < 1.29 is 9.47 Å². The zero-order valence-electron chi connectivity index (χ0n) is 10.3. The summed E-state index contributed by atoms with van der Waals surface area (Å²) in [4.78, 5) is 11.7. The maximum atomic E-state index is 5.55. The van der Waals surface area contributed by atoms with E-state index in [-0.39, 0.29) is 18.0 Å². The van der Waals surface area contributed by atoms with Gasteiger partial charge in [0.15, 0.2) is 0 Å². The van der Waals surface area contributed by atoms with Crippen molar-refractivity contribution in [3.05, 3.63) is 29.8 Å². The van der Waals surface area contributed by atoms with E-state index in [9.17, 15) is 0 Å². The fraction of sp³-hybridized carbons (Fsp3) is 0.250. The Morgan fingerprint density at radius 3 is 2.39 bits per heavy atom. The van der Waals surface area contributed by atoms with Crippen LogP contribution < -0.4 is 15.2 Å². The van der Waals surface area contributed by atoms with Gasteiger partial charge in [-0.1, -0.05) is 17.7 Å². The van der Waals surface area contributed by atoms with Crippen molar-refractivity contribution in [2.45, 2.75) is 13.8 Å². The van der Waals surface area contributed by atoms with Crippen molar-refractivity contribution in [2.24, 2.45) is 0 Å². The third kappa shape index (κ3) is 3.07. The second-order valence-electron chi connectivity index (χ2n) is 3.61. The topological polar surface area (TPSA) is 83.2 Å². The fourth-order valence-corrected chi connectivity index (χ4v) is 1.30. The Bertz CT molecular complexity index is 528. The minimum absolute atomic E-state index is 0.0653. The molecule has 0 unspecified atom stereocenters. The summed E-state index contributed by atoms with van der Waals surface area (Å²) in [7, 11) is 0. The molecular formula is C12H14N4O2. The first kappa shape index (κ1) is 12.1. The molecule has 0 aliphatic heterocycles. The van der Waals surface area contributed by atoms with Crippen molar-refractivity contribution in [2.75, 3.05) is 12.3 Å². The van der Waals surface area contributed by atoms with E-state index in [1.807, 2.05) is 38.1 Å². The summed E-state index contributed by atoms with van der Waals surface area (Å²) < 4.78 is 10.6. The summed E-state index contributed by atoms with van der Waals surface area (Å²) in [5.41, 5.74) is 6.69. The van der Waals surface area contributed by atoms with Gasteiger partial charge in [-0.2, -0.15) is 9.97 Å². The zero-order valence-corrected chi connectivity index (χ0v) is 10.3. The van der Waals surface area contributed by atoms with Crippen LogP contribution in [0.5, 0.6) is 17.8 Å². The number of anilines is 1. The van der Waals surface area contributed by atoms with Crippen LogP contribution in [-0.2, 0) is 0 Å². The third-order valence-electron chi connectivity index (χ3n) is 2.12. The smallest absolute Gasteiger partial charge is 0.330 e. The molecule has 1 aromatic carbocycles. The molecule has 1 heterocycles. The predicted molar refractivity (Wildman–Crippen MR) is 66.7 cm³/mol. The molecule has 6 heteroatoms. The lowest BCUT2D eigenvalue weighted by atomic mass is 10.2. The van der Waals surface area contributed by atoms with E-state index in [1.54, 1.807) is 0 Å². The van der Waals surface area contributed by atoms with E-state index < -0.39 is 0 Å². The van der Waals surface area contributed by atoms with Gasteiger partial charge in [0.2, 0.25) is 5.95 Å². The monoisotopic (exact) mass is 246 g/mol. The molecule has 1 aromatic heterocycles. The average molecular weight is 246 g/mol. The van der Waals surface area contributed by atoms with Gasteiger partial charge in [-0.05, 0) is 26.0 Å². The van der Waals surface area contributed by atoms with Gasteiger partial charge in [0.1, 0.15) is 5.75 Å². The molecule has 0 amide bonds. The molecule has 2 N–H and O–H groups in total. The van der Waals surface area contributed by atoms with Crippen molar-refractivity contribution in [3.63, 3.8) is 0 Å². The van der Waals surface area contributed by atoms with Crippen molar-refractivity contribution in [1.29, 1.82) is 0 Å². The van der Waals surface area contributed by atoms with Crippen LogP contribution in [0, 0.1) is 6.92 Å². The molecular weight excluding hydrogens is 232 g/mol. The van der Waals surface area contributed by atoms with Crippen LogP contribution in [0.2, 0.25) is 0 Å². The van der Waals surface area contributed by atoms with E-state index in [2.05, 4.69) is 15.0 Å². The third-order valence-corrected chi connectivity index (χ3v) is 2.12. The molecule has 94 valence electrons. The van der Waals surface area contributed by atoms with Crippen LogP contribution in [-0.4, -0.2) is 21.6 Å². The van der Waals surface area contributed by atoms with Crippen molar-refractivity contribution in [1.82, 2.24) is 15.0 Å². The molecule has 0 aliphatic rings. The minimum Gasteiger partial charge on any atom is -0.464 e. The lowest BCUT2D eigenvalue weighted by molar-refractivity contribution is 0.304. The van der Waals surface area contributed by atoms with Crippen molar-refractivity contribution >= 4 is 5.95 Å². The van der Waals surface area contributed by atoms with E-state index >= 15 is 0 Å². The van der Waals surface area contributed by atoms with Crippen LogP contribution in [0.25, 0.3) is 0 Å². The first-order chi connectivity index (χ1) is 8.67. The number of aryl methyl sites for hydroxylation is 1. The summed E-state index contributed by atoms with van der Waals surface area (Å²) in [5, 5.41) is 0. The Hall–Kier alpha value is -2.37. The molecule has 0 saturated carbocycles. The SMILES string of the molecule is CCOc1nc(N)nc(Oc2ccc(C)cc2)n1. The lowest BCUT2D eigenvalue weighted by Gasteiger charge is -2.06. The Morgan fingerprint density at radius 2 is 1.72 bits per heavy atom. The maximum absolute atomic E-state index is 5.55. The molecule has 0 radical (unpaired) electrons. The number of hydrogen-bond acceptors (Lipinski definition) is 6. The summed E-state index contributed by atoms with van der Waals surface area (Å²) >= 11 is 0. The average Bonchev–Trinajstić information content (AvgIpc) is 2.32. The molecule has 2 rings (SSSR count).